The molecule has 0 bridgehead atoms. The first-order valence-corrected chi connectivity index (χ1v) is 9.71. The average molecular weight is 453 g/mol. The first-order valence-electron chi connectivity index (χ1n) is 9.71. The van der Waals surface area contributed by atoms with Gasteiger partial charge in [0.2, 0.25) is 0 Å². The summed E-state index contributed by atoms with van der Waals surface area (Å²) in [6.07, 6.45) is -8.93. The largest absolute Gasteiger partial charge is 0.416 e. The number of hydrogen-bond acceptors (Lipinski definition) is 2. The number of amides is 3. The van der Waals surface area contributed by atoms with E-state index in [-0.39, 0.29) is 30.1 Å². The predicted octanol–water partition coefficient (Wildman–Crippen LogP) is 4.67. The molecule has 2 N–H and O–H groups in total. The van der Waals surface area contributed by atoms with Crippen LogP contribution < -0.4 is 10.6 Å². The van der Waals surface area contributed by atoms with Crippen LogP contribution in [0.2, 0.25) is 0 Å². The molecule has 0 aliphatic carbocycles. The normalized spacial score (nSPS) is 16.2. The maximum Gasteiger partial charge on any atom is 0.416 e. The second-order valence-electron chi connectivity index (χ2n) is 8.62. The van der Waals surface area contributed by atoms with E-state index in [2.05, 4.69) is 10.6 Å². The van der Waals surface area contributed by atoms with Crippen LogP contribution in [0.1, 0.15) is 55.1 Å². The minimum absolute atomic E-state index is 0.0187. The topological polar surface area (TPSA) is 61.4 Å². The lowest BCUT2D eigenvalue weighted by atomic mass is 9.96. The van der Waals surface area contributed by atoms with Crippen molar-refractivity contribution in [1.29, 1.82) is 0 Å². The fourth-order valence-electron chi connectivity index (χ4n) is 3.17. The first kappa shape index (κ1) is 24.8. The van der Waals surface area contributed by atoms with Gasteiger partial charge in [0.15, 0.2) is 0 Å². The molecule has 1 heterocycles. The van der Waals surface area contributed by atoms with E-state index in [4.69, 9.17) is 0 Å². The summed E-state index contributed by atoms with van der Waals surface area (Å²) < 4.78 is 77.7. The zero-order valence-electron chi connectivity index (χ0n) is 17.4. The Morgan fingerprint density at radius 3 is 1.84 bits per heavy atom. The lowest BCUT2D eigenvalue weighted by Crippen LogP contribution is -2.51. The van der Waals surface area contributed by atoms with E-state index in [1.165, 1.54) is 0 Å². The van der Waals surface area contributed by atoms with Gasteiger partial charge in [-0.3, -0.25) is 4.79 Å². The molecule has 11 heteroatoms. The summed E-state index contributed by atoms with van der Waals surface area (Å²) in [4.78, 5) is 26.0. The van der Waals surface area contributed by atoms with E-state index in [1.807, 2.05) is 20.8 Å². The lowest BCUT2D eigenvalue weighted by Gasteiger charge is -2.34. The molecule has 0 aromatic heterocycles. The van der Waals surface area contributed by atoms with Gasteiger partial charge in [0.05, 0.1) is 11.1 Å². The molecule has 1 aliphatic heterocycles. The SMILES string of the molecule is CC(C)(C)NC(=O)N1CCC(CNC(=O)c2cc(C(F)(F)F)cc(C(F)(F)F)c2)CC1. The summed E-state index contributed by atoms with van der Waals surface area (Å²) in [5.74, 6) is -1.06. The van der Waals surface area contributed by atoms with Gasteiger partial charge in [-0.25, -0.2) is 4.79 Å². The lowest BCUT2D eigenvalue weighted by molar-refractivity contribution is -0.143. The van der Waals surface area contributed by atoms with Crippen LogP contribution in [0.25, 0.3) is 0 Å². The maximum atomic E-state index is 12.9. The van der Waals surface area contributed by atoms with Crippen molar-refractivity contribution in [1.82, 2.24) is 15.5 Å². The molecular formula is C20H25F6N3O2. The molecule has 1 fully saturated rings. The Morgan fingerprint density at radius 2 is 1.42 bits per heavy atom. The molecule has 5 nitrogen and oxygen atoms in total. The number of alkyl halides is 6. The van der Waals surface area contributed by atoms with E-state index in [0.717, 1.165) is 0 Å². The molecule has 0 atom stereocenters. The van der Waals surface area contributed by atoms with Gasteiger partial charge < -0.3 is 15.5 Å². The highest BCUT2D eigenvalue weighted by Gasteiger charge is 2.37. The van der Waals surface area contributed by atoms with E-state index >= 15 is 0 Å². The van der Waals surface area contributed by atoms with Crippen LogP contribution >= 0.6 is 0 Å². The van der Waals surface area contributed by atoms with Crippen molar-refractivity contribution in [2.45, 2.75) is 51.5 Å². The van der Waals surface area contributed by atoms with Crippen molar-refractivity contribution in [2.75, 3.05) is 19.6 Å². The van der Waals surface area contributed by atoms with Crippen molar-refractivity contribution in [3.8, 4) is 0 Å². The fraction of sp³-hybridized carbons (Fsp3) is 0.600. The van der Waals surface area contributed by atoms with Gasteiger partial charge in [-0.2, -0.15) is 26.3 Å². The number of rotatable bonds is 3. The molecule has 3 amide bonds. The number of likely N-dealkylation sites (tertiary alicyclic amines) is 1. The Balaban J connectivity index is 1.98. The minimum Gasteiger partial charge on any atom is -0.352 e. The number of halogens is 6. The number of carbonyl (C=O) groups excluding carboxylic acids is 2. The van der Waals surface area contributed by atoms with Crippen LogP contribution in [0.5, 0.6) is 0 Å². The average Bonchev–Trinajstić information content (AvgIpc) is 2.63. The minimum atomic E-state index is -5.02. The first-order chi connectivity index (χ1) is 14.1. The van der Waals surface area contributed by atoms with Gasteiger partial charge in [0.1, 0.15) is 0 Å². The maximum absolute atomic E-state index is 12.9. The molecule has 1 aromatic carbocycles. The summed E-state index contributed by atoms with van der Waals surface area (Å²) in [5.41, 5.74) is -4.16. The third-order valence-electron chi connectivity index (χ3n) is 4.78. The van der Waals surface area contributed by atoms with Gasteiger partial charge in [-0.1, -0.05) is 0 Å². The summed E-state index contributed by atoms with van der Waals surface area (Å²) in [5, 5.41) is 5.26. The highest BCUT2D eigenvalue weighted by atomic mass is 19.4. The molecule has 2 rings (SSSR count). The molecule has 0 saturated carbocycles. The standard InChI is InChI=1S/C20H25F6N3O2/c1-18(2,3)28-17(31)29-6-4-12(5-7-29)11-27-16(30)13-8-14(19(21,22)23)10-15(9-13)20(24,25)26/h8-10,12H,4-7,11H2,1-3H3,(H,27,30)(H,28,31). The number of nitrogens with one attached hydrogen (secondary N) is 2. The van der Waals surface area contributed by atoms with E-state index in [1.54, 1.807) is 4.90 Å². The van der Waals surface area contributed by atoms with E-state index < -0.39 is 35.0 Å². The monoisotopic (exact) mass is 453 g/mol. The zero-order valence-corrected chi connectivity index (χ0v) is 17.4. The van der Waals surface area contributed by atoms with Crippen LogP contribution in [-0.4, -0.2) is 42.0 Å². The summed E-state index contributed by atoms with van der Waals surface area (Å²) in [6, 6.07) is 0.585. The summed E-state index contributed by atoms with van der Waals surface area (Å²) >= 11 is 0. The summed E-state index contributed by atoms with van der Waals surface area (Å²) in [6.45, 7) is 6.51. The highest BCUT2D eigenvalue weighted by Crippen LogP contribution is 2.36. The Hall–Kier alpha value is -2.46. The second-order valence-corrected chi connectivity index (χ2v) is 8.62. The van der Waals surface area contributed by atoms with Crippen LogP contribution in [-0.2, 0) is 12.4 Å². The Labute approximate surface area is 176 Å². The van der Waals surface area contributed by atoms with Gasteiger partial charge in [0.25, 0.3) is 5.91 Å². The van der Waals surface area contributed by atoms with Gasteiger partial charge in [0, 0.05) is 30.7 Å². The predicted molar refractivity (Wildman–Crippen MR) is 101 cm³/mol. The van der Waals surface area contributed by atoms with Crippen LogP contribution in [0.3, 0.4) is 0 Å². The number of hydrogen-bond donors (Lipinski definition) is 2. The quantitative estimate of drug-likeness (QED) is 0.654. The van der Waals surface area contributed by atoms with Gasteiger partial charge >= 0.3 is 18.4 Å². The number of benzene rings is 1. The van der Waals surface area contributed by atoms with Crippen molar-refractivity contribution < 1.29 is 35.9 Å². The van der Waals surface area contributed by atoms with Crippen LogP contribution in [0, 0.1) is 5.92 Å². The zero-order chi connectivity index (χ0) is 23.6. The smallest absolute Gasteiger partial charge is 0.352 e. The molecule has 0 unspecified atom stereocenters. The van der Waals surface area contributed by atoms with Crippen LogP contribution in [0.4, 0.5) is 31.1 Å². The van der Waals surface area contributed by atoms with E-state index in [0.29, 0.717) is 38.1 Å². The number of carbonyl (C=O) groups is 2. The Kier molecular flexibility index (Phi) is 7.17. The molecule has 1 aromatic rings. The van der Waals surface area contributed by atoms with Crippen molar-refractivity contribution in [2.24, 2.45) is 5.92 Å². The fourth-order valence-corrected chi connectivity index (χ4v) is 3.17. The highest BCUT2D eigenvalue weighted by molar-refractivity contribution is 5.94. The molecular weight excluding hydrogens is 428 g/mol. The van der Waals surface area contributed by atoms with Crippen LogP contribution in [0.15, 0.2) is 18.2 Å². The third-order valence-corrected chi connectivity index (χ3v) is 4.78. The molecule has 0 radical (unpaired) electrons. The van der Waals surface area contributed by atoms with E-state index in [9.17, 15) is 35.9 Å². The second kappa shape index (κ2) is 8.96. The number of nitrogens with zero attached hydrogens (tertiary/aromatic N) is 1. The third kappa shape index (κ3) is 7.32. The Morgan fingerprint density at radius 1 is 0.935 bits per heavy atom. The summed E-state index contributed by atoms with van der Waals surface area (Å²) in [7, 11) is 0. The number of piperidine rings is 1. The van der Waals surface area contributed by atoms with Crippen molar-refractivity contribution in [3.63, 3.8) is 0 Å². The molecule has 0 spiro atoms. The van der Waals surface area contributed by atoms with Gasteiger partial charge in [-0.05, 0) is 57.7 Å². The van der Waals surface area contributed by atoms with Crippen molar-refractivity contribution in [3.05, 3.63) is 34.9 Å². The molecule has 1 aliphatic rings. The molecule has 31 heavy (non-hydrogen) atoms. The van der Waals surface area contributed by atoms with Crippen molar-refractivity contribution >= 4 is 11.9 Å². The Bertz CT molecular complexity index is 774. The number of urea groups is 1. The van der Waals surface area contributed by atoms with Gasteiger partial charge in [-0.15, -0.1) is 0 Å². The molecule has 174 valence electrons. The molecule has 1 saturated heterocycles.